The molecular formula is C13H15BrN2O2. The second kappa shape index (κ2) is 4.90. The maximum absolute atomic E-state index is 5.81. The van der Waals surface area contributed by atoms with Crippen molar-refractivity contribution in [1.29, 1.82) is 0 Å². The van der Waals surface area contributed by atoms with Gasteiger partial charge in [-0.15, -0.1) is 0 Å². The molecule has 0 saturated carbocycles. The number of hydrogen-bond acceptors (Lipinski definition) is 3. The number of aromatic nitrogens is 2. The number of nitrogens with one attached hydrogen (secondary N) is 1. The first-order valence-corrected chi connectivity index (χ1v) is 6.92. The second-order valence-electron chi connectivity index (χ2n) is 4.47. The smallest absolute Gasteiger partial charge is 0.133 e. The van der Waals surface area contributed by atoms with Gasteiger partial charge in [0.25, 0.3) is 0 Å². The molecule has 1 aromatic carbocycles. The summed E-state index contributed by atoms with van der Waals surface area (Å²) >= 11 is 3.60. The Morgan fingerprint density at radius 2 is 2.33 bits per heavy atom. The van der Waals surface area contributed by atoms with Gasteiger partial charge in [-0.1, -0.05) is 0 Å². The lowest BCUT2D eigenvalue weighted by Gasteiger charge is -2.21. The number of fused-ring (bicyclic) bond motifs is 1. The normalized spacial score (nSPS) is 20.2. The Hall–Kier alpha value is -1.07. The maximum Gasteiger partial charge on any atom is 0.133 e. The summed E-state index contributed by atoms with van der Waals surface area (Å²) in [4.78, 5) is 0. The minimum Gasteiger partial charge on any atom is -0.496 e. The van der Waals surface area contributed by atoms with E-state index in [2.05, 4.69) is 26.1 Å². The van der Waals surface area contributed by atoms with Crippen LogP contribution in [0.5, 0.6) is 5.75 Å². The number of benzene rings is 1. The van der Waals surface area contributed by atoms with Gasteiger partial charge in [0, 0.05) is 12.0 Å². The minimum atomic E-state index is 0.0934. The highest BCUT2D eigenvalue weighted by molar-refractivity contribution is 9.10. The van der Waals surface area contributed by atoms with Crippen molar-refractivity contribution in [1.82, 2.24) is 10.2 Å². The highest BCUT2D eigenvalue weighted by Gasteiger charge is 2.23. The number of rotatable bonds is 2. The summed E-state index contributed by atoms with van der Waals surface area (Å²) in [6.07, 6.45) is 3.46. The van der Waals surface area contributed by atoms with Gasteiger partial charge in [-0.05, 0) is 47.3 Å². The molecule has 2 aromatic rings. The van der Waals surface area contributed by atoms with Crippen molar-refractivity contribution in [3.8, 4) is 5.75 Å². The summed E-state index contributed by atoms with van der Waals surface area (Å²) in [7, 11) is 1.67. The zero-order valence-corrected chi connectivity index (χ0v) is 11.8. The number of methoxy groups -OCH3 is 1. The first-order chi connectivity index (χ1) is 8.81. The zero-order valence-electron chi connectivity index (χ0n) is 10.2. The van der Waals surface area contributed by atoms with E-state index in [4.69, 9.17) is 9.47 Å². The van der Waals surface area contributed by atoms with Gasteiger partial charge in [0.1, 0.15) is 17.5 Å². The predicted octanol–water partition coefficient (Wildman–Crippen LogP) is 3.58. The van der Waals surface area contributed by atoms with Crippen LogP contribution in [0.15, 0.2) is 16.6 Å². The van der Waals surface area contributed by atoms with Crippen LogP contribution in [-0.2, 0) is 4.74 Å². The molecule has 0 bridgehead atoms. The Bertz CT molecular complexity index is 561. The molecule has 0 aliphatic carbocycles. The Morgan fingerprint density at radius 3 is 3.06 bits per heavy atom. The molecule has 96 valence electrons. The van der Waals surface area contributed by atoms with Gasteiger partial charge in [0.05, 0.1) is 17.1 Å². The fourth-order valence-corrected chi connectivity index (χ4v) is 3.13. The molecule has 1 aliphatic heterocycles. The fraction of sp³-hybridized carbons (Fsp3) is 0.462. The van der Waals surface area contributed by atoms with Gasteiger partial charge in [0.2, 0.25) is 0 Å². The Labute approximate surface area is 114 Å². The molecule has 1 saturated heterocycles. The SMILES string of the molecule is COc1ccc2[nH]nc(C3CCCCO3)c2c1Br. The second-order valence-corrected chi connectivity index (χ2v) is 5.26. The Balaban J connectivity index is 2.11. The molecule has 0 radical (unpaired) electrons. The topological polar surface area (TPSA) is 47.1 Å². The average molecular weight is 311 g/mol. The quantitative estimate of drug-likeness (QED) is 0.922. The Morgan fingerprint density at radius 1 is 1.44 bits per heavy atom. The van der Waals surface area contributed by atoms with Crippen LogP contribution in [0.1, 0.15) is 31.1 Å². The van der Waals surface area contributed by atoms with E-state index in [1.54, 1.807) is 7.11 Å². The highest BCUT2D eigenvalue weighted by Crippen LogP contribution is 2.38. The summed E-state index contributed by atoms with van der Waals surface area (Å²) in [6, 6.07) is 3.91. The van der Waals surface area contributed by atoms with E-state index in [0.29, 0.717) is 0 Å². The van der Waals surface area contributed by atoms with Gasteiger partial charge in [-0.3, -0.25) is 5.10 Å². The molecule has 0 amide bonds. The molecular weight excluding hydrogens is 296 g/mol. The van der Waals surface area contributed by atoms with E-state index in [9.17, 15) is 0 Å². The fourth-order valence-electron chi connectivity index (χ4n) is 2.42. The van der Waals surface area contributed by atoms with Crippen LogP contribution in [0.3, 0.4) is 0 Å². The lowest BCUT2D eigenvalue weighted by molar-refractivity contribution is 0.0131. The number of aromatic amines is 1. The van der Waals surface area contributed by atoms with Crippen LogP contribution < -0.4 is 4.74 Å². The van der Waals surface area contributed by atoms with Crippen LogP contribution in [0, 0.1) is 0 Å². The number of nitrogens with zero attached hydrogens (tertiary/aromatic N) is 1. The van der Waals surface area contributed by atoms with E-state index in [1.165, 1.54) is 6.42 Å². The monoisotopic (exact) mass is 310 g/mol. The third-order valence-corrected chi connectivity index (χ3v) is 4.15. The zero-order chi connectivity index (χ0) is 12.5. The summed E-state index contributed by atoms with van der Waals surface area (Å²) in [5, 5.41) is 8.55. The van der Waals surface area contributed by atoms with Gasteiger partial charge >= 0.3 is 0 Å². The van der Waals surface area contributed by atoms with Crippen molar-refractivity contribution in [3.63, 3.8) is 0 Å². The van der Waals surface area contributed by atoms with Crippen LogP contribution in [-0.4, -0.2) is 23.9 Å². The molecule has 1 unspecified atom stereocenters. The number of ether oxygens (including phenoxy) is 2. The van der Waals surface area contributed by atoms with E-state index in [0.717, 1.165) is 46.3 Å². The third kappa shape index (κ3) is 1.91. The van der Waals surface area contributed by atoms with Gasteiger partial charge in [-0.25, -0.2) is 0 Å². The van der Waals surface area contributed by atoms with Crippen LogP contribution in [0.2, 0.25) is 0 Å². The average Bonchev–Trinajstić information content (AvgIpc) is 2.85. The third-order valence-electron chi connectivity index (χ3n) is 3.36. The molecule has 3 rings (SSSR count). The Kier molecular flexibility index (Phi) is 3.26. The molecule has 18 heavy (non-hydrogen) atoms. The van der Waals surface area contributed by atoms with Gasteiger partial charge in [-0.2, -0.15) is 5.10 Å². The first-order valence-electron chi connectivity index (χ1n) is 6.13. The summed E-state index contributed by atoms with van der Waals surface area (Å²) in [5.74, 6) is 0.820. The molecule has 1 atom stereocenters. The van der Waals surface area contributed by atoms with Gasteiger partial charge in [0.15, 0.2) is 0 Å². The van der Waals surface area contributed by atoms with Crippen LogP contribution >= 0.6 is 15.9 Å². The van der Waals surface area contributed by atoms with Crippen molar-refractivity contribution >= 4 is 26.8 Å². The summed E-state index contributed by atoms with van der Waals surface area (Å²) in [5.41, 5.74) is 1.99. The molecule has 0 spiro atoms. The first kappa shape index (κ1) is 12.0. The number of H-pyrrole nitrogens is 1. The largest absolute Gasteiger partial charge is 0.496 e. The van der Waals surface area contributed by atoms with Crippen molar-refractivity contribution in [2.75, 3.05) is 13.7 Å². The van der Waals surface area contributed by atoms with Gasteiger partial charge < -0.3 is 9.47 Å². The van der Waals surface area contributed by atoms with E-state index in [1.807, 2.05) is 12.1 Å². The molecule has 1 N–H and O–H groups in total. The van der Waals surface area contributed by atoms with Crippen molar-refractivity contribution in [2.45, 2.75) is 25.4 Å². The molecule has 1 fully saturated rings. The molecule has 5 heteroatoms. The standard InChI is InChI=1S/C13H15BrN2O2/c1-17-9-6-5-8-11(12(9)14)13(16-15-8)10-4-2-3-7-18-10/h5-6,10H,2-4,7H2,1H3,(H,15,16). The lowest BCUT2D eigenvalue weighted by Crippen LogP contribution is -2.12. The van der Waals surface area contributed by atoms with Crippen LogP contribution in [0.25, 0.3) is 10.9 Å². The molecule has 4 nitrogen and oxygen atoms in total. The van der Waals surface area contributed by atoms with E-state index < -0.39 is 0 Å². The van der Waals surface area contributed by atoms with Crippen molar-refractivity contribution in [3.05, 3.63) is 22.3 Å². The molecule has 1 aromatic heterocycles. The summed E-state index contributed by atoms with van der Waals surface area (Å²) in [6.45, 7) is 0.820. The summed E-state index contributed by atoms with van der Waals surface area (Å²) < 4.78 is 12.1. The highest BCUT2D eigenvalue weighted by atomic mass is 79.9. The predicted molar refractivity (Wildman–Crippen MR) is 72.9 cm³/mol. The van der Waals surface area contributed by atoms with Crippen LogP contribution in [0.4, 0.5) is 0 Å². The minimum absolute atomic E-state index is 0.0934. The maximum atomic E-state index is 5.81. The number of hydrogen-bond donors (Lipinski definition) is 1. The number of halogens is 1. The van der Waals surface area contributed by atoms with Crippen molar-refractivity contribution < 1.29 is 9.47 Å². The molecule has 1 aliphatic rings. The molecule has 2 heterocycles. The van der Waals surface area contributed by atoms with Crippen molar-refractivity contribution in [2.24, 2.45) is 0 Å². The van der Waals surface area contributed by atoms with E-state index in [-0.39, 0.29) is 6.10 Å². The van der Waals surface area contributed by atoms with E-state index >= 15 is 0 Å². The lowest BCUT2D eigenvalue weighted by atomic mass is 10.0.